The topological polar surface area (TPSA) is 75.6 Å². The van der Waals surface area contributed by atoms with Crippen molar-refractivity contribution in [2.75, 3.05) is 11.9 Å². The van der Waals surface area contributed by atoms with E-state index < -0.39 is 18.0 Å². The molecule has 2 atom stereocenters. The van der Waals surface area contributed by atoms with Gasteiger partial charge >= 0.3 is 5.97 Å². The molecule has 2 unspecified atom stereocenters. The minimum Gasteiger partial charge on any atom is -0.481 e. The van der Waals surface area contributed by atoms with E-state index in [2.05, 4.69) is 12.2 Å². The van der Waals surface area contributed by atoms with E-state index in [0.29, 0.717) is 17.9 Å². The van der Waals surface area contributed by atoms with Gasteiger partial charge in [-0.05, 0) is 38.0 Å². The van der Waals surface area contributed by atoms with Crippen LogP contribution in [0.5, 0.6) is 0 Å². The van der Waals surface area contributed by atoms with Crippen LogP contribution in [0.2, 0.25) is 0 Å². The molecule has 0 heterocycles. The Bertz CT molecular complexity index is 470. The van der Waals surface area contributed by atoms with E-state index in [1.54, 1.807) is 38.1 Å². The smallest absolute Gasteiger partial charge is 0.310 e. The second-order valence-electron chi connectivity index (χ2n) is 5.04. The maximum Gasteiger partial charge on any atom is 0.310 e. The monoisotopic (exact) mass is 293 g/mol. The molecule has 0 fully saturated rings. The van der Waals surface area contributed by atoms with E-state index in [1.807, 2.05) is 0 Å². The minimum absolute atomic E-state index is 0.204. The van der Waals surface area contributed by atoms with Gasteiger partial charge in [-0.2, -0.15) is 0 Å². The van der Waals surface area contributed by atoms with Gasteiger partial charge in [-0.25, -0.2) is 0 Å². The molecule has 0 aliphatic carbocycles. The molecule has 5 heteroatoms. The summed E-state index contributed by atoms with van der Waals surface area (Å²) >= 11 is 0. The maximum absolute atomic E-state index is 11.9. The molecule has 0 saturated heterocycles. The fourth-order valence-corrected chi connectivity index (χ4v) is 1.72. The quantitative estimate of drug-likeness (QED) is 0.722. The van der Waals surface area contributed by atoms with Gasteiger partial charge in [-0.15, -0.1) is 0 Å². The number of hydrogen-bond acceptors (Lipinski definition) is 3. The standard InChI is InChI=1S/C16H23NO4/c1-4-5-10-21-12(3)15(18)17-14-8-6-13(7-9-14)11(2)16(19)20/h6-9,11-12H,4-5,10H2,1-3H3,(H,17,18)(H,19,20). The Hall–Kier alpha value is -1.88. The Morgan fingerprint density at radius 1 is 1.24 bits per heavy atom. The van der Waals surface area contributed by atoms with Crippen molar-refractivity contribution < 1.29 is 19.4 Å². The lowest BCUT2D eigenvalue weighted by Crippen LogP contribution is -2.28. The van der Waals surface area contributed by atoms with Crippen LogP contribution in [-0.4, -0.2) is 29.7 Å². The van der Waals surface area contributed by atoms with E-state index >= 15 is 0 Å². The SMILES string of the molecule is CCCCOC(C)C(=O)Nc1ccc(C(C)C(=O)O)cc1. The molecule has 0 bridgehead atoms. The van der Waals surface area contributed by atoms with Crippen LogP contribution in [0.25, 0.3) is 0 Å². The lowest BCUT2D eigenvalue weighted by molar-refractivity contribution is -0.138. The summed E-state index contributed by atoms with van der Waals surface area (Å²) in [7, 11) is 0. The predicted molar refractivity (Wildman–Crippen MR) is 81.4 cm³/mol. The summed E-state index contributed by atoms with van der Waals surface area (Å²) in [5, 5.41) is 11.7. The van der Waals surface area contributed by atoms with Crippen LogP contribution in [0.4, 0.5) is 5.69 Å². The Morgan fingerprint density at radius 3 is 2.38 bits per heavy atom. The first-order valence-electron chi connectivity index (χ1n) is 7.21. The molecule has 0 aliphatic heterocycles. The highest BCUT2D eigenvalue weighted by Crippen LogP contribution is 2.18. The second-order valence-corrected chi connectivity index (χ2v) is 5.04. The molecule has 1 aromatic carbocycles. The minimum atomic E-state index is -0.871. The van der Waals surface area contributed by atoms with Crippen LogP contribution < -0.4 is 5.32 Å². The van der Waals surface area contributed by atoms with Gasteiger partial charge in [0.1, 0.15) is 6.10 Å². The highest BCUT2D eigenvalue weighted by molar-refractivity contribution is 5.93. The summed E-state index contributed by atoms with van der Waals surface area (Å²) in [4.78, 5) is 22.8. The van der Waals surface area contributed by atoms with Crippen molar-refractivity contribution >= 4 is 17.6 Å². The van der Waals surface area contributed by atoms with E-state index in [0.717, 1.165) is 12.8 Å². The van der Waals surface area contributed by atoms with Crippen LogP contribution in [0, 0.1) is 0 Å². The van der Waals surface area contributed by atoms with Crippen molar-refractivity contribution in [1.82, 2.24) is 0 Å². The van der Waals surface area contributed by atoms with Crippen LogP contribution in [-0.2, 0) is 14.3 Å². The molecule has 116 valence electrons. The zero-order chi connectivity index (χ0) is 15.8. The lowest BCUT2D eigenvalue weighted by Gasteiger charge is -2.14. The number of carbonyl (C=O) groups is 2. The fraction of sp³-hybridized carbons (Fsp3) is 0.500. The molecule has 0 saturated carbocycles. The average molecular weight is 293 g/mol. The van der Waals surface area contributed by atoms with E-state index in [1.165, 1.54) is 0 Å². The highest BCUT2D eigenvalue weighted by atomic mass is 16.5. The number of carbonyl (C=O) groups excluding carboxylic acids is 1. The van der Waals surface area contributed by atoms with Crippen molar-refractivity contribution in [3.05, 3.63) is 29.8 Å². The molecule has 1 aromatic rings. The number of amides is 1. The van der Waals surface area contributed by atoms with Gasteiger partial charge in [0.05, 0.1) is 5.92 Å². The van der Waals surface area contributed by atoms with Gasteiger partial charge in [0, 0.05) is 12.3 Å². The zero-order valence-electron chi connectivity index (χ0n) is 12.8. The highest BCUT2D eigenvalue weighted by Gasteiger charge is 2.15. The Morgan fingerprint density at radius 2 is 1.86 bits per heavy atom. The molecule has 2 N–H and O–H groups in total. The molecule has 5 nitrogen and oxygen atoms in total. The Kier molecular flexibility index (Phi) is 6.88. The predicted octanol–water partition coefficient (Wildman–Crippen LogP) is 3.02. The van der Waals surface area contributed by atoms with Crippen molar-refractivity contribution in [3.8, 4) is 0 Å². The van der Waals surface area contributed by atoms with Gasteiger partial charge in [-0.1, -0.05) is 25.5 Å². The number of carboxylic acids is 1. The van der Waals surface area contributed by atoms with Crippen molar-refractivity contribution in [1.29, 1.82) is 0 Å². The molecule has 1 rings (SSSR count). The number of aliphatic carboxylic acids is 1. The number of rotatable bonds is 8. The molecule has 0 aliphatic rings. The van der Waals surface area contributed by atoms with Gasteiger partial charge in [-0.3, -0.25) is 9.59 Å². The summed E-state index contributed by atoms with van der Waals surface area (Å²) in [5.41, 5.74) is 1.33. The molecular formula is C16H23NO4. The molecule has 1 amide bonds. The third-order valence-corrected chi connectivity index (χ3v) is 3.28. The Balaban J connectivity index is 2.55. The average Bonchev–Trinajstić information content (AvgIpc) is 2.47. The molecule has 0 spiro atoms. The van der Waals surface area contributed by atoms with Crippen LogP contribution in [0.15, 0.2) is 24.3 Å². The normalized spacial score (nSPS) is 13.5. The number of hydrogen-bond donors (Lipinski definition) is 2. The molecule has 21 heavy (non-hydrogen) atoms. The third kappa shape index (κ3) is 5.55. The van der Waals surface area contributed by atoms with Crippen molar-refractivity contribution in [2.24, 2.45) is 0 Å². The van der Waals surface area contributed by atoms with Crippen molar-refractivity contribution in [3.63, 3.8) is 0 Å². The number of unbranched alkanes of at least 4 members (excludes halogenated alkanes) is 1. The van der Waals surface area contributed by atoms with Gasteiger partial charge in [0.2, 0.25) is 0 Å². The number of anilines is 1. The first kappa shape index (κ1) is 17.2. The largest absolute Gasteiger partial charge is 0.481 e. The summed E-state index contributed by atoms with van der Waals surface area (Å²) in [5.74, 6) is -1.64. The lowest BCUT2D eigenvalue weighted by atomic mass is 10.0. The third-order valence-electron chi connectivity index (χ3n) is 3.28. The molecule has 0 aromatic heterocycles. The maximum atomic E-state index is 11.9. The van der Waals surface area contributed by atoms with Gasteiger partial charge in [0.15, 0.2) is 0 Å². The van der Waals surface area contributed by atoms with Crippen LogP contribution in [0.1, 0.15) is 45.1 Å². The Labute approximate surface area is 125 Å². The molecule has 0 radical (unpaired) electrons. The zero-order valence-corrected chi connectivity index (χ0v) is 12.8. The second kappa shape index (κ2) is 8.42. The number of ether oxygens (including phenoxy) is 1. The van der Waals surface area contributed by atoms with E-state index in [4.69, 9.17) is 9.84 Å². The molecular weight excluding hydrogens is 270 g/mol. The first-order chi connectivity index (χ1) is 9.95. The fourth-order valence-electron chi connectivity index (χ4n) is 1.72. The number of carboxylic acid groups (broad SMARTS) is 1. The van der Waals surface area contributed by atoms with Gasteiger partial charge in [0.25, 0.3) is 5.91 Å². The van der Waals surface area contributed by atoms with Gasteiger partial charge < -0.3 is 15.2 Å². The summed E-state index contributed by atoms with van der Waals surface area (Å²) in [6.45, 7) is 5.97. The first-order valence-corrected chi connectivity index (χ1v) is 7.21. The number of nitrogens with one attached hydrogen (secondary N) is 1. The van der Waals surface area contributed by atoms with Crippen LogP contribution in [0.3, 0.4) is 0 Å². The van der Waals surface area contributed by atoms with Crippen LogP contribution >= 0.6 is 0 Å². The van der Waals surface area contributed by atoms with Crippen molar-refractivity contribution in [2.45, 2.75) is 45.6 Å². The number of benzene rings is 1. The van der Waals surface area contributed by atoms with E-state index in [-0.39, 0.29) is 5.91 Å². The summed E-state index contributed by atoms with van der Waals surface area (Å²) in [6.07, 6.45) is 1.45. The summed E-state index contributed by atoms with van der Waals surface area (Å²) in [6, 6.07) is 6.81. The summed E-state index contributed by atoms with van der Waals surface area (Å²) < 4.78 is 5.42. The van der Waals surface area contributed by atoms with E-state index in [9.17, 15) is 9.59 Å².